The van der Waals surface area contributed by atoms with Crippen LogP contribution >= 0.6 is 16.5 Å². The summed E-state index contributed by atoms with van der Waals surface area (Å²) in [6, 6.07) is 17.8. The van der Waals surface area contributed by atoms with Gasteiger partial charge < -0.3 is 30.9 Å². The van der Waals surface area contributed by atoms with E-state index < -0.39 is 16.5 Å². The van der Waals surface area contributed by atoms with Gasteiger partial charge in [0.05, 0.1) is 31.5 Å². The van der Waals surface area contributed by atoms with Crippen LogP contribution in [-0.2, 0) is 23.1 Å². The number of fused-ring (bicyclic) bond motifs is 2. The summed E-state index contributed by atoms with van der Waals surface area (Å²) in [5.74, 6) is 1.74. The normalized spacial score (nSPS) is 18.5. The first-order valence-electron chi connectivity index (χ1n) is 19.4. The molecule has 8 rings (SSSR count). The van der Waals surface area contributed by atoms with Gasteiger partial charge in [0, 0.05) is 9.13 Å². The van der Waals surface area contributed by atoms with E-state index in [2.05, 4.69) is 60.1 Å². The van der Waals surface area contributed by atoms with Crippen molar-refractivity contribution in [2.45, 2.75) is 71.1 Å². The van der Waals surface area contributed by atoms with E-state index in [0.717, 1.165) is 25.7 Å². The van der Waals surface area contributed by atoms with Crippen LogP contribution in [0.2, 0.25) is 0 Å². The average Bonchev–Trinajstić information content (AvgIpc) is 4.09. The van der Waals surface area contributed by atoms with Crippen molar-refractivity contribution in [2.75, 3.05) is 44.3 Å². The van der Waals surface area contributed by atoms with Crippen LogP contribution in [0.1, 0.15) is 58.9 Å². The van der Waals surface area contributed by atoms with Gasteiger partial charge in [0.25, 0.3) is 0 Å². The van der Waals surface area contributed by atoms with Crippen LogP contribution in [0.5, 0.6) is 11.5 Å². The maximum atomic E-state index is 11.5. The molecule has 22 heteroatoms. The number of aliphatic hydroxyl groups is 1. The quantitative estimate of drug-likeness (QED) is 0.0973. The van der Waals surface area contributed by atoms with Gasteiger partial charge in [-0.15, -0.1) is 9.42 Å². The number of hydrogen-bond donors (Lipinski definition) is 4. The number of anilines is 2. The van der Waals surface area contributed by atoms with E-state index in [1.165, 1.54) is 32.3 Å². The molecule has 20 nitrogen and oxygen atoms in total. The monoisotopic (exact) mass is 867 g/mol. The number of ether oxygens (including phenoxy) is 2. The first-order chi connectivity index (χ1) is 29.1. The van der Waals surface area contributed by atoms with Crippen molar-refractivity contribution in [3.8, 4) is 11.5 Å². The zero-order valence-electron chi connectivity index (χ0n) is 33.6. The van der Waals surface area contributed by atoms with Crippen LogP contribution in [-0.4, -0.2) is 99.0 Å². The van der Waals surface area contributed by atoms with E-state index in [1.807, 2.05) is 16.7 Å². The lowest BCUT2D eigenvalue weighted by atomic mass is 10.2. The molecule has 0 spiro atoms. The van der Waals surface area contributed by atoms with E-state index in [9.17, 15) is 9.13 Å². The van der Waals surface area contributed by atoms with Gasteiger partial charge >= 0.3 is 16.5 Å². The molecular formula is C38H51N11O9P2+2. The summed E-state index contributed by atoms with van der Waals surface area (Å²) >= 11 is 0. The molecule has 4 aromatic heterocycles. The zero-order chi connectivity index (χ0) is 42.9. The second-order valence-electron chi connectivity index (χ2n) is 13.1. The molecule has 6 N–H and O–H groups in total. The van der Waals surface area contributed by atoms with Crippen molar-refractivity contribution in [3.63, 3.8) is 0 Å². The molecule has 60 heavy (non-hydrogen) atoms. The molecule has 320 valence electrons. The highest BCUT2D eigenvalue weighted by Gasteiger charge is 2.31. The van der Waals surface area contributed by atoms with Crippen molar-refractivity contribution in [2.24, 2.45) is 0 Å². The maximum Gasteiger partial charge on any atom is 0.805 e. The van der Waals surface area contributed by atoms with E-state index in [-0.39, 0.29) is 37.9 Å². The standard InChI is InChI=1S/C12H10O3P.C10H12N5O4P.C10H13N5O2.C6H15N/c13-16(14-11-7-3-1-4-8-11)15-12-9-5-2-6-10-12;11-9-8-10(13-4-12-9)15(5-14-8)7-2-1-6(19-7)3-18-20(16)17;11-9-8-10(13-4-12-9)15(5-14-8)7-2-1-6(3-16)17-7;1-4-7(5-2)6-3/h1-10H;4-7H,1-3H2,(H2-,11,12,13,16,17);4-7,16H,1-3H2,(H2,11,12,13);4-6H2,1-3H3/q+1;;;/p+1/t;2*6-,7+;/m.11./s1. The Hall–Kier alpha value is -5.30. The molecule has 0 saturated carbocycles. The molecular weight excluding hydrogens is 816 g/mol. The SMILES string of the molecule is CCN(CC)CC.Nc1ncnc2c1ncn2[C@@H]1CC[C@H](CO)O1.Nc1ncnc2c1ncn2[C@@H]1CC[C@H](CO[P+](=O)O)O1.O=[P+](Oc1ccccc1)Oc1ccccc1. The number of rotatable bonds is 13. The highest BCUT2D eigenvalue weighted by Crippen LogP contribution is 2.33. The molecule has 0 radical (unpaired) electrons. The van der Waals surface area contributed by atoms with Gasteiger partial charge in [0.15, 0.2) is 34.4 Å². The van der Waals surface area contributed by atoms with Crippen molar-refractivity contribution < 1.29 is 42.2 Å². The van der Waals surface area contributed by atoms with E-state index in [1.54, 1.807) is 65.8 Å². The molecule has 6 aromatic rings. The third-order valence-corrected chi connectivity index (χ3v) is 10.4. The van der Waals surface area contributed by atoms with Crippen LogP contribution in [0.25, 0.3) is 22.3 Å². The molecule has 6 heterocycles. The second-order valence-corrected chi connectivity index (χ2v) is 14.7. The van der Waals surface area contributed by atoms with Crippen LogP contribution in [0.4, 0.5) is 11.6 Å². The number of hydrogen-bond acceptors (Lipinski definition) is 17. The van der Waals surface area contributed by atoms with Crippen LogP contribution in [0, 0.1) is 0 Å². The molecule has 1 unspecified atom stereocenters. The zero-order valence-corrected chi connectivity index (χ0v) is 35.4. The Labute approximate surface area is 348 Å². The fourth-order valence-electron chi connectivity index (χ4n) is 6.17. The molecule has 2 saturated heterocycles. The number of aliphatic hydroxyl groups excluding tert-OH is 1. The fourth-order valence-corrected chi connectivity index (χ4v) is 7.09. The number of para-hydroxylation sites is 2. The molecule has 0 bridgehead atoms. The van der Waals surface area contributed by atoms with Gasteiger partial charge in [-0.3, -0.25) is 9.13 Å². The minimum atomic E-state index is -2.59. The first-order valence-corrected chi connectivity index (χ1v) is 21.6. The smallest absolute Gasteiger partial charge is 0.394 e. The number of imidazole rings is 2. The van der Waals surface area contributed by atoms with Crippen molar-refractivity contribution >= 4 is 50.5 Å². The van der Waals surface area contributed by atoms with E-state index in [4.69, 9.17) is 40.0 Å². The molecule has 2 fully saturated rings. The van der Waals surface area contributed by atoms with Crippen LogP contribution < -0.4 is 20.5 Å². The summed E-state index contributed by atoms with van der Waals surface area (Å²) in [7, 11) is -4.78. The Morgan fingerprint density at radius 3 is 1.55 bits per heavy atom. The van der Waals surface area contributed by atoms with Gasteiger partial charge in [-0.05, 0) is 69.6 Å². The van der Waals surface area contributed by atoms with Gasteiger partial charge in [0.2, 0.25) is 0 Å². The molecule has 0 aliphatic carbocycles. The highest BCUT2D eigenvalue weighted by molar-refractivity contribution is 7.34. The summed E-state index contributed by atoms with van der Waals surface area (Å²) in [5.41, 5.74) is 13.8. The largest absolute Gasteiger partial charge is 0.805 e. The fraction of sp³-hybridized carbons (Fsp3) is 0.421. The van der Waals surface area contributed by atoms with Crippen LogP contribution in [0.3, 0.4) is 0 Å². The van der Waals surface area contributed by atoms with E-state index in [0.29, 0.717) is 45.5 Å². The Morgan fingerprint density at radius 1 is 0.700 bits per heavy atom. The summed E-state index contributed by atoms with van der Waals surface area (Å²) < 4.78 is 51.9. The van der Waals surface area contributed by atoms with Crippen molar-refractivity contribution in [1.82, 2.24) is 43.9 Å². The molecule has 2 aliphatic rings. The maximum absolute atomic E-state index is 11.5. The predicted molar refractivity (Wildman–Crippen MR) is 224 cm³/mol. The van der Waals surface area contributed by atoms with Crippen molar-refractivity contribution in [1.29, 1.82) is 0 Å². The minimum absolute atomic E-state index is 0.0419. The molecule has 5 atom stereocenters. The minimum Gasteiger partial charge on any atom is -0.394 e. The number of nitrogens with two attached hydrogens (primary N) is 2. The Kier molecular flexibility index (Phi) is 17.9. The second kappa shape index (κ2) is 23.5. The van der Waals surface area contributed by atoms with Gasteiger partial charge in [-0.2, -0.15) is 0 Å². The summed E-state index contributed by atoms with van der Waals surface area (Å²) in [5, 5.41) is 9.04. The summed E-state index contributed by atoms with van der Waals surface area (Å²) in [4.78, 5) is 35.4. The summed E-state index contributed by atoms with van der Waals surface area (Å²) in [6.07, 6.45) is 8.50. The Bertz CT molecular complexity index is 2190. The molecule has 0 amide bonds. The third kappa shape index (κ3) is 13.1. The number of benzene rings is 2. The third-order valence-electron chi connectivity index (χ3n) is 9.33. The first kappa shape index (κ1) is 45.8. The topological polar surface area (TPSA) is 263 Å². The number of aromatic nitrogens is 8. The highest BCUT2D eigenvalue weighted by atomic mass is 31.1. The Morgan fingerprint density at radius 2 is 1.15 bits per heavy atom. The lowest BCUT2D eigenvalue weighted by Gasteiger charge is -2.13. The van der Waals surface area contributed by atoms with Gasteiger partial charge in [-0.25, -0.2) is 39.0 Å². The van der Waals surface area contributed by atoms with E-state index >= 15 is 0 Å². The van der Waals surface area contributed by atoms with Crippen molar-refractivity contribution in [3.05, 3.63) is 86.0 Å². The Balaban J connectivity index is 0.000000159. The predicted octanol–water partition coefficient (Wildman–Crippen LogP) is 5.98. The van der Waals surface area contributed by atoms with Gasteiger partial charge in [0.1, 0.15) is 42.8 Å². The lowest BCUT2D eigenvalue weighted by Crippen LogP contribution is -2.21. The lowest BCUT2D eigenvalue weighted by molar-refractivity contribution is -0.0207. The average molecular weight is 868 g/mol. The van der Waals surface area contributed by atoms with Gasteiger partial charge in [-0.1, -0.05) is 57.2 Å². The summed E-state index contributed by atoms with van der Waals surface area (Å²) in [6.45, 7) is 10.3. The molecule has 2 aliphatic heterocycles. The van der Waals surface area contributed by atoms with Crippen LogP contribution in [0.15, 0.2) is 86.0 Å². The number of nitrogen functional groups attached to an aromatic ring is 2. The number of nitrogens with zero attached hydrogens (tertiary/aromatic N) is 9. The molecule has 2 aromatic carbocycles.